The number of likely N-dealkylation sites (tertiary alicyclic amines) is 1. The zero-order valence-electron chi connectivity index (χ0n) is 19.7. The molecule has 1 N–H and O–H groups in total. The molecule has 3 fully saturated rings. The lowest BCUT2D eigenvalue weighted by atomic mass is 9.59. The second kappa shape index (κ2) is 8.00. The van der Waals surface area contributed by atoms with Gasteiger partial charge in [0.2, 0.25) is 11.8 Å². The van der Waals surface area contributed by atoms with Crippen LogP contribution in [0.2, 0.25) is 0 Å². The second-order valence-corrected chi connectivity index (χ2v) is 10.4. The normalized spacial score (nSPS) is 25.5. The molecule has 1 spiro atoms. The van der Waals surface area contributed by atoms with Gasteiger partial charge >= 0.3 is 0 Å². The van der Waals surface area contributed by atoms with Gasteiger partial charge in [0.05, 0.1) is 11.9 Å². The third-order valence-electron chi connectivity index (χ3n) is 8.50. The van der Waals surface area contributed by atoms with E-state index in [1.165, 1.54) is 24.2 Å². The van der Waals surface area contributed by atoms with E-state index in [9.17, 15) is 19.2 Å². The van der Waals surface area contributed by atoms with E-state index in [0.717, 1.165) is 25.1 Å². The molecule has 3 aliphatic heterocycles. The van der Waals surface area contributed by atoms with Gasteiger partial charge in [-0.05, 0) is 60.8 Å². The smallest absolute Gasteiger partial charge is 0.276 e. The minimum Gasteiger partial charge on any atom is -0.337 e. The Morgan fingerprint density at radius 3 is 2.74 bits per heavy atom. The highest BCUT2D eigenvalue weighted by atomic mass is 16.2. The second-order valence-electron chi connectivity index (χ2n) is 10.4. The maximum absolute atomic E-state index is 13.2. The van der Waals surface area contributed by atoms with Crippen molar-refractivity contribution in [1.29, 1.82) is 0 Å². The Balaban J connectivity index is 1.19. The summed E-state index contributed by atoms with van der Waals surface area (Å²) in [7, 11) is 0. The molecular weight excluding hydrogens is 448 g/mol. The minimum atomic E-state index is -0.655. The fourth-order valence-corrected chi connectivity index (χ4v) is 6.08. The van der Waals surface area contributed by atoms with Crippen LogP contribution in [0.3, 0.4) is 0 Å². The summed E-state index contributed by atoms with van der Waals surface area (Å²) in [5, 5.41) is 10.6. The summed E-state index contributed by atoms with van der Waals surface area (Å²) in [6, 6.07) is 4.67. The third-order valence-corrected chi connectivity index (χ3v) is 8.50. The number of benzene rings is 1. The van der Waals surface area contributed by atoms with Gasteiger partial charge in [-0.1, -0.05) is 18.6 Å². The van der Waals surface area contributed by atoms with Gasteiger partial charge in [0.25, 0.3) is 11.8 Å². The molecule has 0 radical (unpaired) electrons. The van der Waals surface area contributed by atoms with Crippen molar-refractivity contribution >= 4 is 23.6 Å². The lowest BCUT2D eigenvalue weighted by Crippen LogP contribution is -2.53. The SMILES string of the molecule is CC1CCN(C(=O)c2cn(-c3ccc4c(c3)CN(C3CCC(=O)NC3=O)C4=O)nn2)CC12CCC2. The van der Waals surface area contributed by atoms with Crippen LogP contribution in [-0.2, 0) is 16.1 Å². The number of hydrogen-bond donors (Lipinski definition) is 1. The van der Waals surface area contributed by atoms with Gasteiger partial charge < -0.3 is 9.80 Å². The molecule has 0 bridgehead atoms. The molecule has 182 valence electrons. The summed E-state index contributed by atoms with van der Waals surface area (Å²) in [5.41, 5.74) is 2.58. The first kappa shape index (κ1) is 21.9. The number of nitrogens with one attached hydrogen (secondary N) is 1. The van der Waals surface area contributed by atoms with E-state index in [4.69, 9.17) is 0 Å². The molecule has 4 amide bonds. The van der Waals surface area contributed by atoms with Crippen molar-refractivity contribution in [3.63, 3.8) is 0 Å². The van der Waals surface area contributed by atoms with Crippen LogP contribution in [0.25, 0.3) is 5.69 Å². The van der Waals surface area contributed by atoms with Crippen molar-refractivity contribution in [2.24, 2.45) is 11.3 Å². The topological polar surface area (TPSA) is 118 Å². The number of imide groups is 1. The highest BCUT2D eigenvalue weighted by Crippen LogP contribution is 2.51. The van der Waals surface area contributed by atoms with E-state index in [1.54, 1.807) is 23.0 Å². The molecule has 35 heavy (non-hydrogen) atoms. The highest BCUT2D eigenvalue weighted by molar-refractivity contribution is 6.05. The summed E-state index contributed by atoms with van der Waals surface area (Å²) < 4.78 is 1.55. The predicted octanol–water partition coefficient (Wildman–Crippen LogP) is 1.68. The van der Waals surface area contributed by atoms with Crippen LogP contribution in [0, 0.1) is 11.3 Å². The highest BCUT2D eigenvalue weighted by Gasteiger charge is 2.46. The Labute approximate surface area is 202 Å². The molecule has 10 nitrogen and oxygen atoms in total. The average Bonchev–Trinajstić information content (AvgIpc) is 3.43. The average molecular weight is 477 g/mol. The standard InChI is InChI=1S/C25H28N6O4/c1-15-7-10-29(14-25(15)8-2-9-25)24(35)19-13-31(28-27-19)17-3-4-18-16(11-17)12-30(23(18)34)20-5-6-21(32)26-22(20)33/h3-4,11,13,15,20H,2,5-10,12,14H2,1H3,(H,26,32,33). The van der Waals surface area contributed by atoms with Gasteiger partial charge in [0.15, 0.2) is 5.69 Å². The van der Waals surface area contributed by atoms with Crippen LogP contribution in [0.5, 0.6) is 0 Å². The van der Waals surface area contributed by atoms with Crippen LogP contribution in [0.1, 0.15) is 71.9 Å². The monoisotopic (exact) mass is 476 g/mol. The summed E-state index contributed by atoms with van der Waals surface area (Å²) >= 11 is 0. The number of aromatic nitrogens is 3. The zero-order valence-corrected chi connectivity index (χ0v) is 19.7. The van der Waals surface area contributed by atoms with Crippen molar-refractivity contribution in [3.05, 3.63) is 41.2 Å². The van der Waals surface area contributed by atoms with Gasteiger partial charge in [0, 0.05) is 31.6 Å². The first-order valence-electron chi connectivity index (χ1n) is 12.3. The van der Waals surface area contributed by atoms with Gasteiger partial charge in [-0.2, -0.15) is 0 Å². The van der Waals surface area contributed by atoms with E-state index >= 15 is 0 Å². The molecule has 2 unspecified atom stereocenters. The Kier molecular flexibility index (Phi) is 5.01. The zero-order chi connectivity index (χ0) is 24.3. The molecule has 1 aromatic carbocycles. The van der Waals surface area contributed by atoms with Gasteiger partial charge in [-0.15, -0.1) is 5.10 Å². The predicted molar refractivity (Wildman–Crippen MR) is 123 cm³/mol. The number of fused-ring (bicyclic) bond motifs is 1. The molecular formula is C25H28N6O4. The van der Waals surface area contributed by atoms with Crippen LogP contribution < -0.4 is 5.32 Å². The lowest BCUT2D eigenvalue weighted by Gasteiger charge is -2.52. The van der Waals surface area contributed by atoms with Crippen LogP contribution in [0.15, 0.2) is 24.4 Å². The molecule has 1 aromatic heterocycles. The van der Waals surface area contributed by atoms with E-state index < -0.39 is 11.9 Å². The minimum absolute atomic E-state index is 0.0882. The molecule has 1 saturated carbocycles. The molecule has 4 heterocycles. The molecule has 1 aliphatic carbocycles. The van der Waals surface area contributed by atoms with Crippen molar-refractivity contribution in [2.75, 3.05) is 13.1 Å². The van der Waals surface area contributed by atoms with Crippen molar-refractivity contribution in [2.45, 2.75) is 58.0 Å². The first-order valence-corrected chi connectivity index (χ1v) is 12.3. The molecule has 2 aromatic rings. The Morgan fingerprint density at radius 1 is 1.17 bits per heavy atom. The first-order chi connectivity index (χ1) is 16.8. The number of amides is 4. The summed E-state index contributed by atoms with van der Waals surface area (Å²) in [4.78, 5) is 53.3. The Hall–Kier alpha value is -3.56. The quantitative estimate of drug-likeness (QED) is 0.674. The van der Waals surface area contributed by atoms with Crippen molar-refractivity contribution < 1.29 is 19.2 Å². The molecule has 2 atom stereocenters. The van der Waals surface area contributed by atoms with Gasteiger partial charge in [0.1, 0.15) is 6.04 Å². The van der Waals surface area contributed by atoms with E-state index in [1.807, 2.05) is 11.0 Å². The summed E-state index contributed by atoms with van der Waals surface area (Å²) in [6.07, 6.45) is 6.82. The number of nitrogens with zero attached hydrogens (tertiary/aromatic N) is 5. The molecule has 4 aliphatic rings. The Morgan fingerprint density at radius 2 is 2.00 bits per heavy atom. The maximum atomic E-state index is 13.2. The summed E-state index contributed by atoms with van der Waals surface area (Å²) in [5.74, 6) is -0.409. The van der Waals surface area contributed by atoms with E-state index in [2.05, 4.69) is 22.6 Å². The Bertz CT molecular complexity index is 1250. The number of carbonyl (C=O) groups excluding carboxylic acids is 4. The fourth-order valence-electron chi connectivity index (χ4n) is 6.08. The van der Waals surface area contributed by atoms with E-state index in [0.29, 0.717) is 29.3 Å². The fraction of sp³-hybridized carbons (Fsp3) is 0.520. The van der Waals surface area contributed by atoms with Gasteiger partial charge in [-0.25, -0.2) is 4.68 Å². The molecule has 6 rings (SSSR count). The third kappa shape index (κ3) is 3.54. The number of rotatable bonds is 3. The van der Waals surface area contributed by atoms with Crippen LogP contribution >= 0.6 is 0 Å². The maximum Gasteiger partial charge on any atom is 0.276 e. The van der Waals surface area contributed by atoms with E-state index in [-0.39, 0.29) is 36.1 Å². The number of piperidine rings is 2. The van der Waals surface area contributed by atoms with Crippen LogP contribution in [-0.4, -0.2) is 67.6 Å². The van der Waals surface area contributed by atoms with Crippen LogP contribution in [0.4, 0.5) is 0 Å². The number of carbonyl (C=O) groups is 4. The number of hydrogen-bond acceptors (Lipinski definition) is 6. The lowest BCUT2D eigenvalue weighted by molar-refractivity contribution is -0.136. The van der Waals surface area contributed by atoms with Crippen molar-refractivity contribution in [1.82, 2.24) is 30.1 Å². The molecule has 2 saturated heterocycles. The largest absolute Gasteiger partial charge is 0.337 e. The van der Waals surface area contributed by atoms with Gasteiger partial charge in [-0.3, -0.25) is 24.5 Å². The summed E-state index contributed by atoms with van der Waals surface area (Å²) in [6.45, 7) is 4.11. The van der Waals surface area contributed by atoms with Crippen molar-refractivity contribution in [3.8, 4) is 5.69 Å². The molecule has 10 heteroatoms.